The minimum absolute atomic E-state index is 0.0354. The van der Waals surface area contributed by atoms with E-state index in [0.717, 1.165) is 4.31 Å². The number of ether oxygens (including phenoxy) is 3. The number of nitrogens with one attached hydrogen (secondary N) is 1. The summed E-state index contributed by atoms with van der Waals surface area (Å²) in [4.78, 5) is 12.8. The number of benzene rings is 2. The minimum Gasteiger partial charge on any atom is -0.493 e. The smallest absolute Gasteiger partial charge is 0.269 e. The maximum absolute atomic E-state index is 13.2. The number of hydrogen-bond acceptors (Lipinski definition) is 6. The van der Waals surface area contributed by atoms with Crippen molar-refractivity contribution in [2.45, 2.75) is 26.9 Å². The van der Waals surface area contributed by atoms with Gasteiger partial charge in [0.05, 0.1) is 26.0 Å². The fraction of sp³-hybridized carbons (Fsp3) is 0.318. The summed E-state index contributed by atoms with van der Waals surface area (Å²) >= 11 is 0. The molecule has 0 atom stereocenters. The third-order valence-electron chi connectivity index (χ3n) is 4.87. The van der Waals surface area contributed by atoms with Crippen molar-refractivity contribution in [2.75, 3.05) is 30.9 Å². The first-order chi connectivity index (χ1) is 14.6. The molecule has 0 saturated heterocycles. The van der Waals surface area contributed by atoms with Gasteiger partial charge in [0, 0.05) is 30.4 Å². The van der Waals surface area contributed by atoms with Gasteiger partial charge in [-0.25, -0.2) is 8.42 Å². The number of methoxy groups -OCH3 is 2. The van der Waals surface area contributed by atoms with Crippen LogP contribution in [0.4, 0.5) is 11.4 Å². The first-order valence-corrected chi connectivity index (χ1v) is 11.1. The van der Waals surface area contributed by atoms with Gasteiger partial charge in [0.1, 0.15) is 5.75 Å². The SMILES string of the molecule is COc1cc2c(cc1OC)N(C)S(=O)(=O)C(C(=O)Nc1cccc(OC(C)C)c1)=C2C. The number of rotatable bonds is 6. The summed E-state index contributed by atoms with van der Waals surface area (Å²) in [5.74, 6) is 0.674. The zero-order chi connectivity index (χ0) is 22.9. The highest BCUT2D eigenvalue weighted by atomic mass is 32.2. The average molecular weight is 447 g/mol. The maximum Gasteiger partial charge on any atom is 0.269 e. The summed E-state index contributed by atoms with van der Waals surface area (Å²) in [7, 11) is 0.280. The van der Waals surface area contributed by atoms with Gasteiger partial charge >= 0.3 is 0 Å². The monoisotopic (exact) mass is 446 g/mol. The zero-order valence-corrected chi connectivity index (χ0v) is 19.2. The van der Waals surface area contributed by atoms with Crippen molar-refractivity contribution < 1.29 is 27.4 Å². The Bertz CT molecular complexity index is 1150. The van der Waals surface area contributed by atoms with Crippen molar-refractivity contribution in [1.29, 1.82) is 0 Å². The van der Waals surface area contributed by atoms with E-state index in [-0.39, 0.29) is 11.0 Å². The van der Waals surface area contributed by atoms with Gasteiger partial charge in [0.25, 0.3) is 15.9 Å². The first kappa shape index (κ1) is 22.5. The average Bonchev–Trinajstić information content (AvgIpc) is 2.70. The minimum atomic E-state index is -4.08. The molecule has 1 heterocycles. The summed E-state index contributed by atoms with van der Waals surface area (Å²) in [5.41, 5.74) is 1.72. The van der Waals surface area contributed by atoms with Gasteiger partial charge in [-0.1, -0.05) is 6.07 Å². The van der Waals surface area contributed by atoms with Gasteiger partial charge in [-0.05, 0) is 44.5 Å². The number of sulfonamides is 1. The van der Waals surface area contributed by atoms with Crippen LogP contribution in [0.5, 0.6) is 17.2 Å². The molecule has 1 amide bonds. The van der Waals surface area contributed by atoms with E-state index >= 15 is 0 Å². The summed E-state index contributed by atoms with van der Waals surface area (Å²) in [6, 6.07) is 10.1. The van der Waals surface area contributed by atoms with E-state index in [4.69, 9.17) is 14.2 Å². The molecule has 8 nitrogen and oxygen atoms in total. The Hall–Kier alpha value is -3.20. The Kier molecular flexibility index (Phi) is 6.17. The molecule has 0 fully saturated rings. The Morgan fingerprint density at radius 2 is 1.71 bits per heavy atom. The van der Waals surface area contributed by atoms with Gasteiger partial charge in [-0.15, -0.1) is 0 Å². The molecule has 31 heavy (non-hydrogen) atoms. The quantitative estimate of drug-likeness (QED) is 0.728. The number of amides is 1. The second-order valence-electron chi connectivity index (χ2n) is 7.30. The molecule has 0 bridgehead atoms. The lowest BCUT2D eigenvalue weighted by Crippen LogP contribution is -2.36. The highest BCUT2D eigenvalue weighted by Crippen LogP contribution is 2.44. The molecule has 0 unspecified atom stereocenters. The van der Waals surface area contributed by atoms with E-state index in [1.165, 1.54) is 21.3 Å². The van der Waals surface area contributed by atoms with Crippen LogP contribution < -0.4 is 23.8 Å². The van der Waals surface area contributed by atoms with E-state index < -0.39 is 15.9 Å². The van der Waals surface area contributed by atoms with E-state index in [1.54, 1.807) is 43.3 Å². The van der Waals surface area contributed by atoms with E-state index in [9.17, 15) is 13.2 Å². The van der Waals surface area contributed by atoms with E-state index in [2.05, 4.69) is 5.32 Å². The molecule has 0 saturated carbocycles. The molecule has 2 aromatic rings. The molecule has 0 aromatic heterocycles. The Morgan fingerprint density at radius 3 is 2.32 bits per heavy atom. The second kappa shape index (κ2) is 8.50. The van der Waals surface area contributed by atoms with Crippen molar-refractivity contribution >= 4 is 32.9 Å². The van der Waals surface area contributed by atoms with Gasteiger partial charge in [0.15, 0.2) is 16.4 Å². The van der Waals surface area contributed by atoms with Crippen molar-refractivity contribution in [2.24, 2.45) is 0 Å². The molecule has 2 aromatic carbocycles. The fourth-order valence-corrected chi connectivity index (χ4v) is 4.87. The number of hydrogen-bond donors (Lipinski definition) is 1. The Balaban J connectivity index is 2.06. The summed E-state index contributed by atoms with van der Waals surface area (Å²) in [6.45, 7) is 5.39. The molecule has 0 radical (unpaired) electrons. The fourth-order valence-electron chi connectivity index (χ4n) is 3.41. The molecule has 0 aliphatic carbocycles. The number of allylic oxidation sites excluding steroid dienone is 1. The molecule has 1 N–H and O–H groups in total. The second-order valence-corrected chi connectivity index (χ2v) is 9.21. The Morgan fingerprint density at radius 1 is 1.06 bits per heavy atom. The number of nitrogens with zero attached hydrogens (tertiary/aromatic N) is 1. The third kappa shape index (κ3) is 4.18. The van der Waals surface area contributed by atoms with Crippen LogP contribution in [0, 0.1) is 0 Å². The highest BCUT2D eigenvalue weighted by Gasteiger charge is 2.38. The van der Waals surface area contributed by atoms with E-state index in [0.29, 0.717) is 39.8 Å². The highest BCUT2D eigenvalue weighted by molar-refractivity contribution is 7.97. The van der Waals surface area contributed by atoms with Gasteiger partial charge in [0.2, 0.25) is 0 Å². The number of fused-ring (bicyclic) bond motifs is 1. The third-order valence-corrected chi connectivity index (χ3v) is 6.80. The summed E-state index contributed by atoms with van der Waals surface area (Å²) in [5, 5.41) is 2.68. The lowest BCUT2D eigenvalue weighted by Gasteiger charge is -2.30. The van der Waals surface area contributed by atoms with Crippen LogP contribution in [0.25, 0.3) is 5.57 Å². The normalized spacial score (nSPS) is 14.9. The number of carbonyl (C=O) groups excluding carboxylic acids is 1. The molecule has 166 valence electrons. The van der Waals surface area contributed by atoms with Crippen LogP contribution in [0.2, 0.25) is 0 Å². The molecule has 1 aliphatic heterocycles. The number of carbonyl (C=O) groups is 1. The van der Waals surface area contributed by atoms with Crippen molar-refractivity contribution in [3.63, 3.8) is 0 Å². The van der Waals surface area contributed by atoms with Crippen LogP contribution in [0.1, 0.15) is 26.3 Å². The van der Waals surface area contributed by atoms with Gasteiger partial charge in [-0.3, -0.25) is 9.10 Å². The predicted molar refractivity (Wildman–Crippen MR) is 120 cm³/mol. The lowest BCUT2D eigenvalue weighted by atomic mass is 10.0. The van der Waals surface area contributed by atoms with E-state index in [1.807, 2.05) is 13.8 Å². The molecule has 9 heteroatoms. The Labute approximate surface area is 182 Å². The maximum atomic E-state index is 13.2. The van der Waals surface area contributed by atoms with Crippen molar-refractivity contribution in [1.82, 2.24) is 0 Å². The van der Waals surface area contributed by atoms with Crippen molar-refractivity contribution in [3.8, 4) is 17.2 Å². The molecular formula is C22H26N2O6S. The standard InChI is InChI=1S/C22H26N2O6S/c1-13(2)30-16-9-7-8-15(10-16)23-22(25)21-14(3)17-11-19(28-5)20(29-6)12-18(17)24(4)31(21,26)27/h7-13H,1-6H3,(H,23,25). The lowest BCUT2D eigenvalue weighted by molar-refractivity contribution is -0.112. The molecule has 3 rings (SSSR count). The molecular weight excluding hydrogens is 420 g/mol. The van der Waals surface area contributed by atoms with Crippen LogP contribution >= 0.6 is 0 Å². The number of anilines is 2. The van der Waals surface area contributed by atoms with Gasteiger partial charge < -0.3 is 19.5 Å². The first-order valence-electron chi connectivity index (χ1n) is 9.64. The van der Waals surface area contributed by atoms with Crippen LogP contribution in [-0.4, -0.2) is 41.7 Å². The summed E-state index contributed by atoms with van der Waals surface area (Å²) in [6.07, 6.45) is -0.0354. The largest absolute Gasteiger partial charge is 0.493 e. The van der Waals surface area contributed by atoms with Crippen LogP contribution in [0.15, 0.2) is 41.3 Å². The van der Waals surface area contributed by atoms with Crippen LogP contribution in [0.3, 0.4) is 0 Å². The topological polar surface area (TPSA) is 94.2 Å². The molecule has 1 aliphatic rings. The van der Waals surface area contributed by atoms with Crippen LogP contribution in [-0.2, 0) is 14.8 Å². The summed E-state index contributed by atoms with van der Waals surface area (Å²) < 4.78 is 43.7. The molecule has 0 spiro atoms. The van der Waals surface area contributed by atoms with Crippen molar-refractivity contribution in [3.05, 3.63) is 46.9 Å². The predicted octanol–water partition coefficient (Wildman–Crippen LogP) is 3.64. The zero-order valence-electron chi connectivity index (χ0n) is 18.3. The van der Waals surface area contributed by atoms with Gasteiger partial charge in [-0.2, -0.15) is 0 Å².